The van der Waals surface area contributed by atoms with E-state index in [4.69, 9.17) is 11.6 Å². The molecule has 0 saturated heterocycles. The predicted octanol–water partition coefficient (Wildman–Crippen LogP) is 3.46. The maximum Gasteiger partial charge on any atom is 0.0464 e. The average Bonchev–Trinajstić information content (AvgIpc) is 2.29. The Balaban J connectivity index is 2.69. The van der Waals surface area contributed by atoms with Crippen LogP contribution in [0, 0.1) is 0 Å². The lowest BCUT2D eigenvalue weighted by Gasteiger charge is -2.28. The van der Waals surface area contributed by atoms with E-state index in [2.05, 4.69) is 38.8 Å². The van der Waals surface area contributed by atoms with Crippen molar-refractivity contribution in [2.75, 3.05) is 11.9 Å². The van der Waals surface area contributed by atoms with Crippen LogP contribution in [0.15, 0.2) is 18.2 Å². The van der Waals surface area contributed by atoms with Gasteiger partial charge in [0.05, 0.1) is 0 Å². The van der Waals surface area contributed by atoms with Gasteiger partial charge >= 0.3 is 0 Å². The van der Waals surface area contributed by atoms with Crippen molar-refractivity contribution in [1.82, 2.24) is 0 Å². The third-order valence-electron chi connectivity index (χ3n) is 3.64. The van der Waals surface area contributed by atoms with E-state index in [-0.39, 0.29) is 5.41 Å². The minimum Gasteiger partial charge on any atom is -0.371 e. The van der Waals surface area contributed by atoms with Gasteiger partial charge in [-0.3, -0.25) is 0 Å². The summed E-state index contributed by atoms with van der Waals surface area (Å²) in [7, 11) is 2.13. The number of hydrogen-bond donors (Lipinski definition) is 0. The van der Waals surface area contributed by atoms with Crippen molar-refractivity contribution in [1.29, 1.82) is 0 Å². The quantitative estimate of drug-likeness (QED) is 0.633. The van der Waals surface area contributed by atoms with Crippen molar-refractivity contribution in [2.24, 2.45) is 0 Å². The molecule has 0 fully saturated rings. The van der Waals surface area contributed by atoms with Gasteiger partial charge < -0.3 is 4.90 Å². The molecule has 2 rings (SSSR count). The number of benzene rings is 1. The molecule has 1 nitrogen and oxygen atoms in total. The number of hydrogen-bond acceptors (Lipinski definition) is 1. The van der Waals surface area contributed by atoms with E-state index < -0.39 is 0 Å². The zero-order valence-electron chi connectivity index (χ0n) is 9.13. The molecule has 1 aromatic carbocycles. The molecular formula is C12H16ClN. The van der Waals surface area contributed by atoms with Gasteiger partial charge in [0.2, 0.25) is 0 Å². The summed E-state index contributed by atoms with van der Waals surface area (Å²) in [5.41, 5.74) is 2.70. The number of anilines is 1. The first-order valence-corrected chi connectivity index (χ1v) is 5.36. The van der Waals surface area contributed by atoms with E-state index in [1.165, 1.54) is 11.3 Å². The smallest absolute Gasteiger partial charge is 0.0464 e. The van der Waals surface area contributed by atoms with Gasteiger partial charge in [-0.2, -0.15) is 0 Å². The molecule has 1 heterocycles. The molecule has 0 spiro atoms. The summed E-state index contributed by atoms with van der Waals surface area (Å²) in [6.07, 6.45) is 0. The summed E-state index contributed by atoms with van der Waals surface area (Å²) in [4.78, 5) is 2.31. The first-order chi connectivity index (χ1) is 6.46. The first-order valence-electron chi connectivity index (χ1n) is 4.98. The average molecular weight is 210 g/mol. The zero-order valence-corrected chi connectivity index (χ0v) is 9.89. The van der Waals surface area contributed by atoms with Crippen LogP contribution in [0.5, 0.6) is 0 Å². The van der Waals surface area contributed by atoms with Crippen molar-refractivity contribution in [2.45, 2.75) is 32.2 Å². The molecular weight excluding hydrogens is 194 g/mol. The lowest BCUT2D eigenvalue weighted by atomic mass is 9.81. The highest BCUT2D eigenvalue weighted by Crippen LogP contribution is 2.47. The number of likely N-dealkylation sites (N-methyl/N-ethyl adjacent to an activating group) is 1. The van der Waals surface area contributed by atoms with E-state index >= 15 is 0 Å². The summed E-state index contributed by atoms with van der Waals surface area (Å²) >= 11 is 6.26. The summed E-state index contributed by atoms with van der Waals surface area (Å²) in [6.45, 7) is 6.76. The fourth-order valence-corrected chi connectivity index (χ4v) is 2.76. The van der Waals surface area contributed by atoms with Gasteiger partial charge in [0, 0.05) is 34.8 Å². The molecule has 0 amide bonds. The van der Waals surface area contributed by atoms with Gasteiger partial charge in [-0.1, -0.05) is 31.5 Å². The molecule has 1 atom stereocenters. The fraction of sp³-hybridized carbons (Fsp3) is 0.500. The van der Waals surface area contributed by atoms with Crippen LogP contribution in [0.25, 0.3) is 0 Å². The SMILES string of the molecule is CC1N(C)c2cccc(Cl)c2C1(C)C. The van der Waals surface area contributed by atoms with E-state index in [0.29, 0.717) is 6.04 Å². The Hall–Kier alpha value is -0.690. The van der Waals surface area contributed by atoms with Gasteiger partial charge in [0.25, 0.3) is 0 Å². The summed E-state index contributed by atoms with van der Waals surface area (Å²) in [6, 6.07) is 6.64. The maximum atomic E-state index is 6.26. The third kappa shape index (κ3) is 1.08. The van der Waals surface area contributed by atoms with E-state index in [0.717, 1.165) is 5.02 Å². The number of nitrogens with zero attached hydrogens (tertiary/aromatic N) is 1. The standard InChI is InChI=1S/C12H16ClN/c1-8-12(2,3)11-9(13)6-5-7-10(11)14(8)4/h5-8H,1-4H3. The van der Waals surface area contributed by atoms with Crippen molar-refractivity contribution >= 4 is 17.3 Å². The molecule has 0 radical (unpaired) electrons. The van der Waals surface area contributed by atoms with E-state index in [1.54, 1.807) is 0 Å². The van der Waals surface area contributed by atoms with Gasteiger partial charge in [-0.15, -0.1) is 0 Å². The summed E-state index contributed by atoms with van der Waals surface area (Å²) in [5.74, 6) is 0. The summed E-state index contributed by atoms with van der Waals surface area (Å²) < 4.78 is 0. The van der Waals surface area contributed by atoms with Gasteiger partial charge in [0.1, 0.15) is 0 Å². The van der Waals surface area contributed by atoms with Gasteiger partial charge in [0.15, 0.2) is 0 Å². The molecule has 14 heavy (non-hydrogen) atoms. The first kappa shape index (κ1) is 9.85. The Labute approximate surface area is 90.7 Å². The number of fused-ring (bicyclic) bond motifs is 1. The number of halogens is 1. The van der Waals surface area contributed by atoms with Crippen LogP contribution in [0.2, 0.25) is 5.02 Å². The van der Waals surface area contributed by atoms with Crippen LogP contribution in [0.1, 0.15) is 26.3 Å². The van der Waals surface area contributed by atoms with Crippen molar-refractivity contribution in [3.8, 4) is 0 Å². The molecule has 0 bridgehead atoms. The lowest BCUT2D eigenvalue weighted by molar-refractivity contribution is 0.454. The highest BCUT2D eigenvalue weighted by Gasteiger charge is 2.41. The van der Waals surface area contributed by atoms with Crippen LogP contribution in [0.4, 0.5) is 5.69 Å². The molecule has 0 aliphatic carbocycles. The van der Waals surface area contributed by atoms with Crippen LogP contribution < -0.4 is 4.90 Å². The van der Waals surface area contributed by atoms with Crippen molar-refractivity contribution in [3.63, 3.8) is 0 Å². The van der Waals surface area contributed by atoms with Gasteiger partial charge in [-0.05, 0) is 19.1 Å². The Morgan fingerprint density at radius 1 is 1.36 bits per heavy atom. The molecule has 1 aliphatic heterocycles. The molecule has 1 aromatic rings. The molecule has 76 valence electrons. The third-order valence-corrected chi connectivity index (χ3v) is 3.96. The molecule has 0 saturated carbocycles. The highest BCUT2D eigenvalue weighted by atomic mass is 35.5. The Kier molecular flexibility index (Phi) is 2.04. The van der Waals surface area contributed by atoms with E-state index in [1.807, 2.05) is 12.1 Å². The number of rotatable bonds is 0. The van der Waals surface area contributed by atoms with Crippen molar-refractivity contribution < 1.29 is 0 Å². The lowest BCUT2D eigenvalue weighted by Crippen LogP contribution is -2.36. The predicted molar refractivity (Wildman–Crippen MR) is 62.3 cm³/mol. The molecule has 1 unspecified atom stereocenters. The highest BCUT2D eigenvalue weighted by molar-refractivity contribution is 6.32. The van der Waals surface area contributed by atoms with Crippen LogP contribution >= 0.6 is 11.6 Å². The molecule has 0 N–H and O–H groups in total. The zero-order chi connectivity index (χ0) is 10.5. The second-order valence-electron chi connectivity index (χ2n) is 4.64. The Bertz CT molecular complexity index is 371. The van der Waals surface area contributed by atoms with Crippen LogP contribution in [0.3, 0.4) is 0 Å². The minimum atomic E-state index is 0.141. The van der Waals surface area contributed by atoms with Crippen LogP contribution in [-0.4, -0.2) is 13.1 Å². The molecule has 0 aromatic heterocycles. The second kappa shape index (κ2) is 2.90. The van der Waals surface area contributed by atoms with E-state index in [9.17, 15) is 0 Å². The normalized spacial score (nSPS) is 23.8. The Morgan fingerprint density at radius 3 is 2.57 bits per heavy atom. The molecule has 2 heteroatoms. The summed E-state index contributed by atoms with van der Waals surface area (Å²) in [5, 5.41) is 0.892. The van der Waals surface area contributed by atoms with Crippen LogP contribution in [-0.2, 0) is 5.41 Å². The van der Waals surface area contributed by atoms with Crippen molar-refractivity contribution in [3.05, 3.63) is 28.8 Å². The monoisotopic (exact) mass is 209 g/mol. The largest absolute Gasteiger partial charge is 0.371 e. The maximum absolute atomic E-state index is 6.26. The minimum absolute atomic E-state index is 0.141. The Morgan fingerprint density at radius 2 is 2.00 bits per heavy atom. The molecule has 1 aliphatic rings. The van der Waals surface area contributed by atoms with Gasteiger partial charge in [-0.25, -0.2) is 0 Å². The topological polar surface area (TPSA) is 3.24 Å². The second-order valence-corrected chi connectivity index (χ2v) is 5.05. The fourth-order valence-electron chi connectivity index (χ4n) is 2.35.